The monoisotopic (exact) mass is 615 g/mol. The van der Waals surface area contributed by atoms with Gasteiger partial charge >= 0.3 is 6.09 Å². The molecule has 0 radical (unpaired) electrons. The number of carbonyl (C=O) groups is 2. The van der Waals surface area contributed by atoms with Gasteiger partial charge in [-0.2, -0.15) is 0 Å². The Hall–Kier alpha value is -3.53. The summed E-state index contributed by atoms with van der Waals surface area (Å²) in [6.07, 6.45) is 2.59. The van der Waals surface area contributed by atoms with Gasteiger partial charge in [0, 0.05) is 38.0 Å². The number of hydrogen-bond acceptors (Lipinski definition) is 4. The molecule has 43 heavy (non-hydrogen) atoms. The maximum Gasteiger partial charge on any atom is 0.407 e. The summed E-state index contributed by atoms with van der Waals surface area (Å²) in [6, 6.07) is 24.0. The molecule has 232 valence electrons. The second-order valence-corrected chi connectivity index (χ2v) is 11.3. The summed E-state index contributed by atoms with van der Waals surface area (Å²) in [7, 11) is 1.37. The quantitative estimate of drug-likeness (QED) is 0.369. The van der Waals surface area contributed by atoms with E-state index in [1.54, 1.807) is 6.07 Å². The van der Waals surface area contributed by atoms with Crippen molar-refractivity contribution in [3.8, 4) is 0 Å². The van der Waals surface area contributed by atoms with Crippen LogP contribution in [0.5, 0.6) is 0 Å². The van der Waals surface area contributed by atoms with Crippen molar-refractivity contribution in [2.45, 2.75) is 49.6 Å². The molecule has 2 saturated heterocycles. The number of methoxy groups -OCH3 is 1. The number of amides is 2. The summed E-state index contributed by atoms with van der Waals surface area (Å²) in [6.45, 7) is 3.15. The van der Waals surface area contributed by atoms with Gasteiger partial charge in [-0.25, -0.2) is 13.6 Å². The highest BCUT2D eigenvalue weighted by atomic mass is 35.5. The van der Waals surface area contributed by atoms with Crippen LogP contribution in [0.25, 0.3) is 0 Å². The minimum Gasteiger partial charge on any atom is -0.453 e. The molecule has 2 fully saturated rings. The molecule has 0 aromatic heterocycles. The Morgan fingerprint density at radius 2 is 1.56 bits per heavy atom. The third kappa shape index (κ3) is 7.71. The number of benzene rings is 3. The number of piperidine rings is 2. The third-order valence-corrected chi connectivity index (χ3v) is 8.88. The number of carbonyl (C=O) groups excluding carboxylic acids is 2. The van der Waals surface area contributed by atoms with E-state index in [4.69, 9.17) is 4.74 Å². The van der Waals surface area contributed by atoms with Crippen LogP contribution >= 0.6 is 12.4 Å². The second kappa shape index (κ2) is 14.8. The Morgan fingerprint density at radius 1 is 0.907 bits per heavy atom. The molecule has 3 aromatic carbocycles. The maximum absolute atomic E-state index is 14.5. The molecule has 1 unspecified atom stereocenters. The zero-order chi connectivity index (χ0) is 28.9. The van der Waals surface area contributed by atoms with Gasteiger partial charge < -0.3 is 25.3 Å². The Labute approximate surface area is 257 Å². The van der Waals surface area contributed by atoms with Crippen molar-refractivity contribution >= 4 is 24.4 Å². The number of alkyl carbamates (subject to hydrolysis) is 1. The molecular formula is C33H40ClF2N3O4. The molecular weight excluding hydrogens is 576 g/mol. The first-order valence-corrected chi connectivity index (χ1v) is 14.2. The van der Waals surface area contributed by atoms with Crippen molar-refractivity contribution in [2.24, 2.45) is 0 Å². The summed E-state index contributed by atoms with van der Waals surface area (Å²) >= 11 is 0. The maximum atomic E-state index is 14.5. The van der Waals surface area contributed by atoms with Gasteiger partial charge in [0.25, 0.3) is 0 Å². The van der Waals surface area contributed by atoms with Crippen LogP contribution < -0.4 is 5.32 Å². The van der Waals surface area contributed by atoms with E-state index in [-0.39, 0.29) is 23.8 Å². The molecule has 2 aliphatic heterocycles. The first-order chi connectivity index (χ1) is 19.8. The van der Waals surface area contributed by atoms with Crippen LogP contribution in [0.1, 0.15) is 48.8 Å². The molecule has 2 heterocycles. The lowest BCUT2D eigenvalue weighted by Crippen LogP contribution is -2.54. The van der Waals surface area contributed by atoms with E-state index in [1.807, 2.05) is 65.6 Å². The zero-order valence-electron chi connectivity index (χ0n) is 24.4. The molecule has 2 amide bonds. The van der Waals surface area contributed by atoms with Crippen molar-refractivity contribution in [1.29, 1.82) is 0 Å². The van der Waals surface area contributed by atoms with E-state index in [0.717, 1.165) is 36.3 Å². The third-order valence-electron chi connectivity index (χ3n) is 8.88. The predicted molar refractivity (Wildman–Crippen MR) is 164 cm³/mol. The average molecular weight is 616 g/mol. The van der Waals surface area contributed by atoms with Crippen LogP contribution in [0, 0.1) is 11.6 Å². The lowest BCUT2D eigenvalue weighted by atomic mass is 9.71. The smallest absolute Gasteiger partial charge is 0.407 e. The zero-order valence-corrected chi connectivity index (χ0v) is 25.2. The summed E-state index contributed by atoms with van der Waals surface area (Å²) in [5.74, 6) is -1.66. The minimum atomic E-state index is -0.872. The Balaban J connectivity index is 0.00000253. The molecule has 0 aliphatic carbocycles. The Bertz CT molecular complexity index is 1360. The van der Waals surface area contributed by atoms with Gasteiger partial charge in [0.2, 0.25) is 5.91 Å². The van der Waals surface area contributed by atoms with Gasteiger partial charge in [-0.05, 0) is 61.1 Å². The molecule has 5 rings (SSSR count). The highest BCUT2D eigenvalue weighted by Gasteiger charge is 2.42. The average Bonchev–Trinajstić information content (AvgIpc) is 3.00. The highest BCUT2D eigenvalue weighted by Crippen LogP contribution is 2.40. The van der Waals surface area contributed by atoms with Crippen LogP contribution in [-0.2, 0) is 27.0 Å². The Morgan fingerprint density at radius 3 is 2.19 bits per heavy atom. The normalized spacial score (nSPS) is 20.0. The molecule has 0 saturated carbocycles. The number of likely N-dealkylation sites (tertiary alicyclic amines) is 2. The fraction of sp³-hybridized carbons (Fsp3) is 0.394. The van der Waals surface area contributed by atoms with Gasteiger partial charge in [0.1, 0.15) is 0 Å². The SMILES string of the molecule is COC(=O)NC1(c2ccccc2)CCN(CCC2(c3ccc(F)c(F)c3)CCC(=O)N(Cc3ccccc3)C2)CC1.Cl.O. The first-order valence-electron chi connectivity index (χ1n) is 14.2. The number of hydrogen-bond donors (Lipinski definition) is 1. The Kier molecular flexibility index (Phi) is 11.7. The van der Waals surface area contributed by atoms with Crippen molar-refractivity contribution < 1.29 is 28.6 Å². The standard InChI is InChI=1S/C33H37F2N3O3.ClH.H2O/c1-41-31(40)36-33(26-10-6-3-7-11-26)17-20-37(21-18-33)19-16-32(27-12-13-28(34)29(35)22-27)15-14-30(39)38(24-32)23-25-8-4-2-5-9-25;;/h2-13,22H,14-21,23-24H2,1H3,(H,36,40);1H;1H2. The van der Waals surface area contributed by atoms with Crippen LogP contribution in [0.2, 0.25) is 0 Å². The number of halogens is 3. The summed E-state index contributed by atoms with van der Waals surface area (Å²) in [5.41, 5.74) is 1.78. The van der Waals surface area contributed by atoms with Crippen molar-refractivity contribution in [2.75, 3.05) is 33.3 Å². The van der Waals surface area contributed by atoms with Crippen LogP contribution in [0.4, 0.5) is 13.6 Å². The number of rotatable bonds is 8. The van der Waals surface area contributed by atoms with Gasteiger partial charge in [0.05, 0.1) is 12.6 Å². The van der Waals surface area contributed by atoms with Crippen molar-refractivity contribution in [1.82, 2.24) is 15.1 Å². The van der Waals surface area contributed by atoms with E-state index in [2.05, 4.69) is 10.2 Å². The minimum absolute atomic E-state index is 0. The van der Waals surface area contributed by atoms with E-state index in [9.17, 15) is 18.4 Å². The summed E-state index contributed by atoms with van der Waals surface area (Å²) < 4.78 is 33.4. The molecule has 7 nitrogen and oxygen atoms in total. The van der Waals surface area contributed by atoms with Gasteiger partial charge in [-0.15, -0.1) is 12.4 Å². The number of nitrogens with one attached hydrogen (secondary N) is 1. The molecule has 10 heteroatoms. The lowest BCUT2D eigenvalue weighted by Gasteiger charge is -2.46. The van der Waals surface area contributed by atoms with Gasteiger partial charge in [-0.3, -0.25) is 4.79 Å². The molecule has 1 atom stereocenters. The van der Waals surface area contributed by atoms with Gasteiger partial charge in [-0.1, -0.05) is 66.7 Å². The largest absolute Gasteiger partial charge is 0.453 e. The molecule has 2 aliphatic rings. The molecule has 0 bridgehead atoms. The van der Waals surface area contributed by atoms with E-state index < -0.39 is 28.7 Å². The number of ether oxygens (including phenoxy) is 1. The summed E-state index contributed by atoms with van der Waals surface area (Å²) in [5, 5.41) is 3.09. The van der Waals surface area contributed by atoms with E-state index in [1.165, 1.54) is 19.2 Å². The molecule has 0 spiro atoms. The van der Waals surface area contributed by atoms with Crippen molar-refractivity contribution in [3.63, 3.8) is 0 Å². The highest BCUT2D eigenvalue weighted by molar-refractivity contribution is 5.85. The predicted octanol–water partition coefficient (Wildman–Crippen LogP) is 5.36. The first kappa shape index (κ1) is 34.0. The van der Waals surface area contributed by atoms with Gasteiger partial charge in [0.15, 0.2) is 11.6 Å². The van der Waals surface area contributed by atoms with Crippen LogP contribution in [0.15, 0.2) is 78.9 Å². The lowest BCUT2D eigenvalue weighted by molar-refractivity contribution is -0.136. The summed E-state index contributed by atoms with van der Waals surface area (Å²) in [4.78, 5) is 29.5. The van der Waals surface area contributed by atoms with E-state index in [0.29, 0.717) is 45.2 Å². The fourth-order valence-electron chi connectivity index (χ4n) is 6.41. The number of nitrogens with zero attached hydrogens (tertiary/aromatic N) is 2. The van der Waals surface area contributed by atoms with E-state index >= 15 is 0 Å². The molecule has 3 N–H and O–H groups in total. The van der Waals surface area contributed by atoms with Crippen LogP contribution in [-0.4, -0.2) is 60.6 Å². The fourth-order valence-corrected chi connectivity index (χ4v) is 6.41. The topological polar surface area (TPSA) is 93.4 Å². The van der Waals surface area contributed by atoms with Crippen molar-refractivity contribution in [3.05, 3.63) is 107 Å². The second-order valence-electron chi connectivity index (χ2n) is 11.3. The van der Waals surface area contributed by atoms with Crippen LogP contribution in [0.3, 0.4) is 0 Å². The molecule has 3 aromatic rings.